The Morgan fingerprint density at radius 1 is 1.24 bits per heavy atom. The van der Waals surface area contributed by atoms with Crippen molar-refractivity contribution >= 4 is 28.3 Å². The number of nitrogens with zero attached hydrogens (tertiary/aromatic N) is 2. The number of hydrogen-bond donors (Lipinski definition) is 1. The van der Waals surface area contributed by atoms with Gasteiger partial charge in [0.15, 0.2) is 0 Å². The summed E-state index contributed by atoms with van der Waals surface area (Å²) in [6.45, 7) is 6.44. The molecule has 1 N–H and O–H groups in total. The van der Waals surface area contributed by atoms with E-state index in [-0.39, 0.29) is 17.0 Å². The molecule has 0 amide bonds. The molecular formula is C20H25N3O2. The number of carbonyl (C=O) groups excluding carboxylic acids is 2. The van der Waals surface area contributed by atoms with E-state index in [9.17, 15) is 9.59 Å². The van der Waals surface area contributed by atoms with Crippen LogP contribution in [0.5, 0.6) is 0 Å². The maximum Gasteiger partial charge on any atom is 0.149 e. The zero-order valence-corrected chi connectivity index (χ0v) is 15.1. The second-order valence-corrected chi connectivity index (χ2v) is 7.56. The Kier molecular flexibility index (Phi) is 4.84. The largest absolute Gasteiger partial charge is 0.342 e. The lowest BCUT2D eigenvalue weighted by Gasteiger charge is -2.32. The van der Waals surface area contributed by atoms with E-state index < -0.39 is 5.92 Å². The number of aromatic nitrogens is 2. The van der Waals surface area contributed by atoms with Gasteiger partial charge in [0.25, 0.3) is 0 Å². The molecule has 1 aromatic heterocycles. The van der Waals surface area contributed by atoms with E-state index in [0.717, 1.165) is 22.6 Å². The molecule has 0 saturated heterocycles. The molecule has 0 bridgehead atoms. The molecule has 0 atom stereocenters. The summed E-state index contributed by atoms with van der Waals surface area (Å²) in [6.07, 6.45) is 2.19. The van der Waals surface area contributed by atoms with Gasteiger partial charge in [-0.2, -0.15) is 0 Å². The number of aromatic amines is 1. The van der Waals surface area contributed by atoms with E-state index >= 15 is 0 Å². The molecule has 1 saturated carbocycles. The first kappa shape index (κ1) is 17.5. The highest BCUT2D eigenvalue weighted by molar-refractivity contribution is 6.22. The van der Waals surface area contributed by atoms with Gasteiger partial charge in [-0.1, -0.05) is 32.9 Å². The van der Waals surface area contributed by atoms with Crippen molar-refractivity contribution in [3.63, 3.8) is 0 Å². The average Bonchev–Trinajstić information content (AvgIpc) is 2.94. The van der Waals surface area contributed by atoms with Gasteiger partial charge in [-0.15, -0.1) is 0 Å². The van der Waals surface area contributed by atoms with Crippen molar-refractivity contribution in [3.8, 4) is 0 Å². The van der Waals surface area contributed by atoms with Crippen molar-refractivity contribution in [2.45, 2.75) is 46.5 Å². The van der Waals surface area contributed by atoms with E-state index in [4.69, 9.17) is 0 Å². The van der Waals surface area contributed by atoms with Gasteiger partial charge >= 0.3 is 0 Å². The number of aliphatic imine (C=N–C) groups is 1. The third-order valence-corrected chi connectivity index (χ3v) is 4.75. The topological polar surface area (TPSA) is 75.2 Å². The van der Waals surface area contributed by atoms with E-state index in [2.05, 4.69) is 15.0 Å². The Morgan fingerprint density at radius 3 is 2.56 bits per heavy atom. The Bertz CT molecular complexity index is 779. The molecule has 2 aromatic rings. The fourth-order valence-corrected chi connectivity index (χ4v) is 3.60. The molecule has 5 nitrogen and oxygen atoms in total. The molecule has 0 aliphatic heterocycles. The third kappa shape index (κ3) is 3.86. The molecule has 132 valence electrons. The van der Waals surface area contributed by atoms with Crippen molar-refractivity contribution in [1.82, 2.24) is 9.97 Å². The highest BCUT2D eigenvalue weighted by Crippen LogP contribution is 2.34. The second kappa shape index (κ2) is 6.90. The lowest BCUT2D eigenvalue weighted by molar-refractivity contribution is -0.136. The molecule has 1 heterocycles. The number of ketones is 2. The van der Waals surface area contributed by atoms with Crippen LogP contribution >= 0.6 is 0 Å². The Balaban J connectivity index is 1.70. The van der Waals surface area contributed by atoms with E-state index in [1.54, 1.807) is 0 Å². The number of rotatable bonds is 5. The average molecular weight is 339 g/mol. The van der Waals surface area contributed by atoms with Gasteiger partial charge in [0, 0.05) is 31.5 Å². The van der Waals surface area contributed by atoms with Gasteiger partial charge in [-0.05, 0) is 24.0 Å². The summed E-state index contributed by atoms with van der Waals surface area (Å²) in [4.78, 5) is 37.3. The van der Waals surface area contributed by atoms with Crippen molar-refractivity contribution < 1.29 is 9.59 Å². The molecule has 25 heavy (non-hydrogen) atoms. The van der Waals surface area contributed by atoms with Gasteiger partial charge in [0.2, 0.25) is 0 Å². The second-order valence-electron chi connectivity index (χ2n) is 7.56. The van der Waals surface area contributed by atoms with E-state index in [1.807, 2.05) is 45.0 Å². The zero-order valence-electron chi connectivity index (χ0n) is 15.1. The SMILES string of the molecule is CCC(=NCCc1nc2ccccc2[nH]1)C1C(=O)CC(C)(C)CC1=O. The van der Waals surface area contributed by atoms with Gasteiger partial charge < -0.3 is 4.98 Å². The highest BCUT2D eigenvalue weighted by Gasteiger charge is 2.41. The number of H-pyrrole nitrogens is 1. The molecule has 1 aliphatic carbocycles. The number of nitrogens with one attached hydrogen (secondary N) is 1. The molecule has 0 spiro atoms. The molecule has 1 fully saturated rings. The van der Waals surface area contributed by atoms with Crippen LogP contribution in [-0.2, 0) is 16.0 Å². The summed E-state index contributed by atoms with van der Waals surface area (Å²) in [5.74, 6) is 0.285. The molecule has 0 unspecified atom stereocenters. The Labute approximate surface area is 147 Å². The maximum atomic E-state index is 12.5. The van der Waals surface area contributed by atoms with Gasteiger partial charge in [0.1, 0.15) is 23.3 Å². The molecular weight excluding hydrogens is 314 g/mol. The smallest absolute Gasteiger partial charge is 0.149 e. The normalized spacial score (nSPS) is 18.9. The first-order chi connectivity index (χ1) is 11.9. The van der Waals surface area contributed by atoms with Crippen molar-refractivity contribution in [3.05, 3.63) is 30.1 Å². The third-order valence-electron chi connectivity index (χ3n) is 4.75. The summed E-state index contributed by atoms with van der Waals surface area (Å²) >= 11 is 0. The fourth-order valence-electron chi connectivity index (χ4n) is 3.60. The number of carbonyl (C=O) groups is 2. The maximum absolute atomic E-state index is 12.5. The summed E-state index contributed by atoms with van der Waals surface area (Å²) < 4.78 is 0. The summed E-state index contributed by atoms with van der Waals surface area (Å²) in [7, 11) is 0. The summed E-state index contributed by atoms with van der Waals surface area (Å²) in [6, 6.07) is 7.90. The molecule has 3 rings (SSSR count). The first-order valence-electron chi connectivity index (χ1n) is 8.92. The Hall–Kier alpha value is -2.30. The van der Waals surface area contributed by atoms with Crippen LogP contribution in [0.3, 0.4) is 0 Å². The monoisotopic (exact) mass is 339 g/mol. The van der Waals surface area contributed by atoms with Crippen LogP contribution in [0.25, 0.3) is 11.0 Å². The van der Waals surface area contributed by atoms with Crippen LogP contribution < -0.4 is 0 Å². The molecule has 5 heteroatoms. The fraction of sp³-hybridized carbons (Fsp3) is 0.500. The number of imidazole rings is 1. The van der Waals surface area contributed by atoms with Crippen LogP contribution in [0.4, 0.5) is 0 Å². The minimum Gasteiger partial charge on any atom is -0.342 e. The van der Waals surface area contributed by atoms with Crippen molar-refractivity contribution in [1.29, 1.82) is 0 Å². The van der Waals surface area contributed by atoms with Gasteiger partial charge in [0.05, 0.1) is 11.0 Å². The zero-order chi connectivity index (χ0) is 18.0. The van der Waals surface area contributed by atoms with Crippen LogP contribution in [0.2, 0.25) is 0 Å². The Morgan fingerprint density at radius 2 is 1.92 bits per heavy atom. The van der Waals surface area contributed by atoms with Crippen molar-refractivity contribution in [2.24, 2.45) is 16.3 Å². The molecule has 1 aliphatic rings. The quantitative estimate of drug-likeness (QED) is 0.669. The number of fused-ring (bicyclic) bond motifs is 1. The minimum atomic E-state index is -0.631. The molecule has 1 aromatic carbocycles. The minimum absolute atomic E-state index is 0.0191. The van der Waals surface area contributed by atoms with Gasteiger partial charge in [-0.3, -0.25) is 14.6 Å². The lowest BCUT2D eigenvalue weighted by Crippen LogP contribution is -2.41. The number of benzene rings is 1. The first-order valence-corrected chi connectivity index (χ1v) is 8.92. The number of hydrogen-bond acceptors (Lipinski definition) is 4. The van der Waals surface area contributed by atoms with Gasteiger partial charge in [-0.25, -0.2) is 4.98 Å². The molecule has 0 radical (unpaired) electrons. The van der Waals surface area contributed by atoms with Crippen LogP contribution in [0.15, 0.2) is 29.3 Å². The van der Waals surface area contributed by atoms with Crippen LogP contribution in [0, 0.1) is 11.3 Å². The van der Waals surface area contributed by atoms with Crippen molar-refractivity contribution in [2.75, 3.05) is 6.54 Å². The predicted octanol–water partition coefficient (Wildman–Crippen LogP) is 3.53. The number of Topliss-reactive ketones (excluding diaryl/α,β-unsaturated/α-hetero) is 2. The lowest BCUT2D eigenvalue weighted by atomic mass is 9.70. The van der Waals surface area contributed by atoms with Crippen LogP contribution in [-0.4, -0.2) is 33.8 Å². The van der Waals surface area contributed by atoms with E-state index in [0.29, 0.717) is 32.2 Å². The predicted molar refractivity (Wildman–Crippen MR) is 98.9 cm³/mol. The van der Waals surface area contributed by atoms with Crippen LogP contribution in [0.1, 0.15) is 45.9 Å². The summed E-state index contributed by atoms with van der Waals surface area (Å²) in [5.41, 5.74) is 2.45. The highest BCUT2D eigenvalue weighted by atomic mass is 16.2. The van der Waals surface area contributed by atoms with E-state index in [1.165, 1.54) is 0 Å². The standard InChI is InChI=1S/C20H25N3O2/c1-4-13(19-16(24)11-20(2,3)12-17(19)25)21-10-9-18-22-14-7-5-6-8-15(14)23-18/h5-8,19H,4,9-12H2,1-3H3,(H,22,23). The number of para-hydroxylation sites is 2. The summed E-state index contributed by atoms with van der Waals surface area (Å²) in [5, 5.41) is 0.